The summed E-state index contributed by atoms with van der Waals surface area (Å²) in [6.45, 7) is 7.12. The van der Waals surface area contributed by atoms with E-state index in [2.05, 4.69) is 5.32 Å². The number of ether oxygens (including phenoxy) is 10. The number of esters is 4. The molecule has 0 bridgehead atoms. The number of fused-ring (bicyclic) bond motifs is 1. The second-order valence-corrected chi connectivity index (χ2v) is 14.2. The van der Waals surface area contributed by atoms with Crippen molar-refractivity contribution in [3.63, 3.8) is 0 Å². The van der Waals surface area contributed by atoms with Crippen molar-refractivity contribution in [3.05, 3.63) is 35.9 Å². The van der Waals surface area contributed by atoms with Gasteiger partial charge in [0, 0.05) is 59.5 Å². The van der Waals surface area contributed by atoms with Gasteiger partial charge in [0.2, 0.25) is 5.91 Å². The maximum absolute atomic E-state index is 12.7. The first kappa shape index (κ1) is 43.1. The summed E-state index contributed by atoms with van der Waals surface area (Å²) in [5, 5.41) is 2.90. The molecule has 11 atom stereocenters. The predicted octanol–water partition coefficient (Wildman–Crippen LogP) is 2.27. The van der Waals surface area contributed by atoms with Gasteiger partial charge in [-0.05, 0) is 12.8 Å². The van der Waals surface area contributed by atoms with E-state index in [-0.39, 0.29) is 18.3 Å². The number of rotatable bonds is 16. The van der Waals surface area contributed by atoms with Crippen LogP contribution in [0.2, 0.25) is 0 Å². The van der Waals surface area contributed by atoms with Gasteiger partial charge >= 0.3 is 23.9 Å². The van der Waals surface area contributed by atoms with E-state index in [0.717, 1.165) is 33.6 Å². The standard InChI is InChI=1S/C36H49NO16S/c1-19(38)37-28-31(53-36-33(49-23(5)42)32(48-22(4)41)30(47-21(3)40)26(51-36)17-45-20(2)39)29-27(18-46-34(52-29)25-13-9-7-10-14-25)50-35(28)44-15-11-8-12-16-54-24(6)43/h7,9-10,13-14,26-36H,8,11-12,15-18H2,1-6H3,(H,37,38). The van der Waals surface area contributed by atoms with Crippen LogP contribution in [0.15, 0.2) is 30.3 Å². The second kappa shape index (κ2) is 20.9. The number of amides is 1. The Morgan fingerprint density at radius 3 is 2.04 bits per heavy atom. The SMILES string of the molecule is CC(=O)NC1C(OCCCCCSC(C)=O)OC2COC(c3ccccc3)OC2C1OC1OC(COC(C)=O)C(OC(C)=O)C(OC(C)=O)C1OC(C)=O. The molecule has 3 saturated heterocycles. The lowest BCUT2D eigenvalue weighted by Gasteiger charge is -2.51. The van der Waals surface area contributed by atoms with Crippen LogP contribution < -0.4 is 5.32 Å². The van der Waals surface area contributed by atoms with Gasteiger partial charge < -0.3 is 52.7 Å². The van der Waals surface area contributed by atoms with Gasteiger partial charge in [-0.2, -0.15) is 0 Å². The summed E-state index contributed by atoms with van der Waals surface area (Å²) in [7, 11) is 0. The van der Waals surface area contributed by atoms with Crippen LogP contribution >= 0.6 is 11.8 Å². The van der Waals surface area contributed by atoms with Crippen molar-refractivity contribution in [3.8, 4) is 0 Å². The monoisotopic (exact) mass is 783 g/mol. The minimum absolute atomic E-state index is 0.0254. The highest BCUT2D eigenvalue weighted by Crippen LogP contribution is 2.38. The Morgan fingerprint density at radius 2 is 1.41 bits per heavy atom. The second-order valence-electron chi connectivity index (χ2n) is 12.9. The van der Waals surface area contributed by atoms with E-state index in [1.165, 1.54) is 32.5 Å². The number of hydrogen-bond donors (Lipinski definition) is 1. The number of unbranched alkanes of at least 4 members (excludes halogenated alkanes) is 2. The summed E-state index contributed by atoms with van der Waals surface area (Å²) >= 11 is 1.25. The van der Waals surface area contributed by atoms with Gasteiger partial charge in [-0.25, -0.2) is 0 Å². The molecule has 300 valence electrons. The Bertz CT molecular complexity index is 1450. The van der Waals surface area contributed by atoms with Gasteiger partial charge in [0.25, 0.3) is 0 Å². The van der Waals surface area contributed by atoms with Crippen LogP contribution in [-0.2, 0) is 76.1 Å². The molecule has 3 fully saturated rings. The topological polar surface area (TPSA) is 207 Å². The molecule has 11 unspecified atom stereocenters. The highest BCUT2D eigenvalue weighted by atomic mass is 32.2. The molecule has 1 amide bonds. The number of hydrogen-bond acceptors (Lipinski definition) is 17. The molecule has 3 aliphatic rings. The van der Waals surface area contributed by atoms with Gasteiger partial charge in [-0.15, -0.1) is 0 Å². The van der Waals surface area contributed by atoms with Gasteiger partial charge in [0.1, 0.15) is 37.1 Å². The van der Waals surface area contributed by atoms with Crippen molar-refractivity contribution in [2.75, 3.05) is 25.6 Å². The molecule has 1 aromatic carbocycles. The van der Waals surface area contributed by atoms with Crippen molar-refractivity contribution in [1.29, 1.82) is 0 Å². The molecule has 0 saturated carbocycles. The summed E-state index contributed by atoms with van der Waals surface area (Å²) in [6, 6.07) is 8.05. The molecular weight excluding hydrogens is 734 g/mol. The van der Waals surface area contributed by atoms with Crippen LogP contribution in [0.25, 0.3) is 0 Å². The van der Waals surface area contributed by atoms with Crippen LogP contribution in [0, 0.1) is 0 Å². The fraction of sp³-hybridized carbons (Fsp3) is 0.667. The van der Waals surface area contributed by atoms with Crippen LogP contribution in [0.5, 0.6) is 0 Å². The fourth-order valence-corrected chi connectivity index (χ4v) is 6.93. The molecule has 18 heteroatoms. The average Bonchev–Trinajstić information content (AvgIpc) is 3.10. The van der Waals surface area contributed by atoms with Gasteiger partial charge in [-0.1, -0.05) is 48.5 Å². The van der Waals surface area contributed by atoms with E-state index in [0.29, 0.717) is 17.7 Å². The highest BCUT2D eigenvalue weighted by molar-refractivity contribution is 8.13. The third kappa shape index (κ3) is 12.7. The largest absolute Gasteiger partial charge is 0.463 e. The predicted molar refractivity (Wildman–Crippen MR) is 186 cm³/mol. The summed E-state index contributed by atoms with van der Waals surface area (Å²) in [5.74, 6) is -2.87. The molecule has 4 rings (SSSR count). The smallest absolute Gasteiger partial charge is 0.303 e. The maximum Gasteiger partial charge on any atom is 0.303 e. The summed E-state index contributed by atoms with van der Waals surface area (Å²) in [4.78, 5) is 73.1. The van der Waals surface area contributed by atoms with E-state index >= 15 is 0 Å². The molecule has 0 aromatic heterocycles. The van der Waals surface area contributed by atoms with E-state index in [4.69, 9.17) is 47.4 Å². The molecule has 3 heterocycles. The average molecular weight is 784 g/mol. The van der Waals surface area contributed by atoms with Crippen LogP contribution in [-0.4, -0.2) is 122 Å². The molecular formula is C36H49NO16S. The van der Waals surface area contributed by atoms with Crippen LogP contribution in [0.1, 0.15) is 72.7 Å². The lowest BCUT2D eigenvalue weighted by molar-refractivity contribution is -0.378. The Morgan fingerprint density at radius 1 is 0.741 bits per heavy atom. The van der Waals surface area contributed by atoms with E-state index in [1.54, 1.807) is 0 Å². The zero-order valence-corrected chi connectivity index (χ0v) is 31.9. The molecule has 1 N–H and O–H groups in total. The molecule has 54 heavy (non-hydrogen) atoms. The van der Waals surface area contributed by atoms with Gasteiger partial charge in [0.15, 0.2) is 42.3 Å². The molecule has 3 aliphatic heterocycles. The first-order valence-corrected chi connectivity index (χ1v) is 18.7. The van der Waals surface area contributed by atoms with Crippen LogP contribution in [0.4, 0.5) is 0 Å². The number of nitrogens with one attached hydrogen (secondary N) is 1. The molecule has 1 aromatic rings. The zero-order valence-electron chi connectivity index (χ0n) is 31.1. The van der Waals surface area contributed by atoms with E-state index < -0.39 is 104 Å². The molecule has 17 nitrogen and oxygen atoms in total. The van der Waals surface area contributed by atoms with Crippen molar-refractivity contribution in [2.24, 2.45) is 0 Å². The third-order valence-electron chi connectivity index (χ3n) is 8.40. The fourth-order valence-electron chi connectivity index (χ4n) is 6.29. The maximum atomic E-state index is 12.7. The normalized spacial score (nSPS) is 30.6. The lowest BCUT2D eigenvalue weighted by Crippen LogP contribution is -2.70. The summed E-state index contributed by atoms with van der Waals surface area (Å²) in [5.41, 5.74) is 0.694. The molecule has 0 radical (unpaired) electrons. The van der Waals surface area contributed by atoms with Crippen molar-refractivity contribution >= 4 is 46.7 Å². The minimum Gasteiger partial charge on any atom is -0.463 e. The third-order valence-corrected chi connectivity index (χ3v) is 9.30. The number of carbonyl (C=O) groups excluding carboxylic acids is 6. The Labute approximate surface area is 317 Å². The van der Waals surface area contributed by atoms with E-state index in [9.17, 15) is 28.8 Å². The first-order chi connectivity index (χ1) is 25.7. The zero-order chi connectivity index (χ0) is 39.4. The van der Waals surface area contributed by atoms with Crippen LogP contribution in [0.3, 0.4) is 0 Å². The van der Waals surface area contributed by atoms with Crippen molar-refractivity contribution < 1.29 is 76.1 Å². The summed E-state index contributed by atoms with van der Waals surface area (Å²) in [6.07, 6.45) is -10.1. The molecule has 0 spiro atoms. The number of carbonyl (C=O) groups is 6. The highest BCUT2D eigenvalue weighted by Gasteiger charge is 2.57. The number of benzene rings is 1. The van der Waals surface area contributed by atoms with E-state index in [1.807, 2.05) is 30.3 Å². The Kier molecular flexibility index (Phi) is 16.7. The lowest BCUT2D eigenvalue weighted by atomic mass is 9.94. The Balaban J connectivity index is 1.71. The Hall–Kier alpha value is -3.65. The molecule has 0 aliphatic carbocycles. The number of thioether (sulfide) groups is 1. The van der Waals surface area contributed by atoms with Crippen molar-refractivity contribution in [2.45, 2.75) is 128 Å². The quantitative estimate of drug-likeness (QED) is 0.145. The summed E-state index contributed by atoms with van der Waals surface area (Å²) < 4.78 is 59.9. The first-order valence-electron chi connectivity index (χ1n) is 17.7. The van der Waals surface area contributed by atoms with Gasteiger partial charge in [0.05, 0.1) is 6.61 Å². The van der Waals surface area contributed by atoms with Crippen molar-refractivity contribution in [1.82, 2.24) is 5.32 Å². The van der Waals surface area contributed by atoms with Gasteiger partial charge in [-0.3, -0.25) is 28.8 Å². The minimum atomic E-state index is -1.59.